The van der Waals surface area contributed by atoms with Crippen LogP contribution in [-0.4, -0.2) is 33.1 Å². The second-order valence-electron chi connectivity index (χ2n) is 9.36. The van der Waals surface area contributed by atoms with Crippen molar-refractivity contribution in [3.05, 3.63) is 17.7 Å². The highest BCUT2D eigenvalue weighted by atomic mass is 16.5. The van der Waals surface area contributed by atoms with E-state index in [1.54, 1.807) is 19.2 Å². The van der Waals surface area contributed by atoms with Crippen LogP contribution < -0.4 is 25.1 Å². The normalized spacial score (nSPS) is 28.7. The van der Waals surface area contributed by atoms with Gasteiger partial charge < -0.3 is 14.2 Å². The number of hydrazine groups is 1. The third kappa shape index (κ3) is 4.07. The molecule has 4 saturated carbocycles. The predicted molar refractivity (Wildman–Crippen MR) is 111 cm³/mol. The molecular weight excluding hydrogens is 384 g/mol. The second kappa shape index (κ2) is 8.36. The highest BCUT2D eigenvalue weighted by Gasteiger charge is 2.51. The molecule has 7 nitrogen and oxygen atoms in total. The maximum absolute atomic E-state index is 12.6. The molecule has 1 aromatic carbocycles. The number of rotatable bonds is 7. The summed E-state index contributed by atoms with van der Waals surface area (Å²) in [6.45, 7) is 0. The lowest BCUT2D eigenvalue weighted by Crippen LogP contribution is -2.50. The maximum Gasteiger partial charge on any atom is 0.242 e. The first kappa shape index (κ1) is 20.8. The van der Waals surface area contributed by atoms with Crippen LogP contribution in [0.2, 0.25) is 0 Å². The molecule has 164 valence electrons. The Morgan fingerprint density at radius 2 is 1.43 bits per heavy atom. The maximum atomic E-state index is 12.6. The summed E-state index contributed by atoms with van der Waals surface area (Å²) in [6, 6.07) is 3.49. The average molecular weight is 417 g/mol. The summed E-state index contributed by atoms with van der Waals surface area (Å²) >= 11 is 0. The van der Waals surface area contributed by atoms with Crippen LogP contribution in [0.3, 0.4) is 0 Å². The van der Waals surface area contributed by atoms with Gasteiger partial charge in [-0.25, -0.2) is 0 Å². The van der Waals surface area contributed by atoms with E-state index < -0.39 is 0 Å². The van der Waals surface area contributed by atoms with Crippen molar-refractivity contribution in [3.8, 4) is 17.2 Å². The largest absolute Gasteiger partial charge is 0.493 e. The molecule has 4 aliphatic rings. The molecular formula is C23H32N2O5. The molecule has 0 heterocycles. The summed E-state index contributed by atoms with van der Waals surface area (Å²) in [4.78, 5) is 25.1. The monoisotopic (exact) mass is 416 g/mol. The smallest absolute Gasteiger partial charge is 0.242 e. The topological polar surface area (TPSA) is 85.9 Å². The number of carbonyl (C=O) groups excluding carboxylic acids is 2. The first-order valence-electron chi connectivity index (χ1n) is 10.8. The van der Waals surface area contributed by atoms with Crippen LogP contribution in [0, 0.1) is 23.2 Å². The number of carbonyl (C=O) groups is 2. The zero-order valence-corrected chi connectivity index (χ0v) is 18.1. The van der Waals surface area contributed by atoms with E-state index in [2.05, 4.69) is 10.9 Å². The molecule has 2 amide bonds. The minimum absolute atomic E-state index is 0.0567. The fourth-order valence-corrected chi connectivity index (χ4v) is 6.55. The molecule has 0 atom stereocenters. The minimum atomic E-state index is -0.306. The molecule has 0 spiro atoms. The minimum Gasteiger partial charge on any atom is -0.493 e. The summed E-state index contributed by atoms with van der Waals surface area (Å²) in [7, 11) is 4.59. The van der Waals surface area contributed by atoms with E-state index >= 15 is 0 Å². The zero-order valence-electron chi connectivity index (χ0n) is 18.1. The van der Waals surface area contributed by atoms with Gasteiger partial charge in [0.15, 0.2) is 11.5 Å². The van der Waals surface area contributed by atoms with Gasteiger partial charge in [0.25, 0.3) is 0 Å². The summed E-state index contributed by atoms with van der Waals surface area (Å²) < 4.78 is 16.1. The van der Waals surface area contributed by atoms with Crippen molar-refractivity contribution in [3.63, 3.8) is 0 Å². The first-order valence-corrected chi connectivity index (χ1v) is 10.8. The molecule has 0 radical (unpaired) electrons. The average Bonchev–Trinajstić information content (AvgIpc) is 2.70. The molecule has 0 aromatic heterocycles. The zero-order chi connectivity index (χ0) is 21.3. The van der Waals surface area contributed by atoms with Gasteiger partial charge in [-0.15, -0.1) is 0 Å². The second-order valence-corrected chi connectivity index (χ2v) is 9.36. The molecule has 0 aliphatic heterocycles. The van der Waals surface area contributed by atoms with Crippen molar-refractivity contribution in [1.82, 2.24) is 10.9 Å². The van der Waals surface area contributed by atoms with Gasteiger partial charge in [-0.1, -0.05) is 6.07 Å². The van der Waals surface area contributed by atoms with Gasteiger partial charge in [0.05, 0.1) is 27.8 Å². The Labute approximate surface area is 177 Å². The number of methoxy groups -OCH3 is 3. The van der Waals surface area contributed by atoms with E-state index in [0.29, 0.717) is 29.2 Å². The summed E-state index contributed by atoms with van der Waals surface area (Å²) in [5, 5.41) is 0. The quantitative estimate of drug-likeness (QED) is 0.668. The SMILES string of the molecule is COc1ccc(CC(=O)NNC(=O)CC23CC4CC(CC(C4)C2)C3)c(OC)c1OC. The Morgan fingerprint density at radius 1 is 0.867 bits per heavy atom. The van der Waals surface area contributed by atoms with Crippen LogP contribution in [0.25, 0.3) is 0 Å². The summed E-state index contributed by atoms with van der Waals surface area (Å²) in [5.74, 6) is 3.43. The molecule has 4 bridgehead atoms. The van der Waals surface area contributed by atoms with Crippen LogP contribution in [0.1, 0.15) is 50.5 Å². The Kier molecular flexibility index (Phi) is 5.80. The lowest BCUT2D eigenvalue weighted by molar-refractivity contribution is -0.134. The standard InChI is InChI=1S/C23H32N2O5/c1-28-18-5-4-17(21(29-2)22(18)30-3)9-19(26)24-25-20(27)13-23-10-14-6-15(11-23)8-16(7-14)12-23/h4-5,14-16H,6-13H2,1-3H3,(H,24,26)(H,25,27). The molecule has 7 heteroatoms. The predicted octanol–water partition coefficient (Wildman–Crippen LogP) is 3.01. The van der Waals surface area contributed by atoms with Crippen LogP contribution >= 0.6 is 0 Å². The molecule has 2 N–H and O–H groups in total. The van der Waals surface area contributed by atoms with Gasteiger partial charge in [0, 0.05) is 12.0 Å². The van der Waals surface area contributed by atoms with Crippen molar-refractivity contribution < 1.29 is 23.8 Å². The lowest BCUT2D eigenvalue weighted by atomic mass is 9.49. The van der Waals surface area contributed by atoms with Crippen LogP contribution in [0.15, 0.2) is 12.1 Å². The molecule has 0 unspecified atom stereocenters. The van der Waals surface area contributed by atoms with Gasteiger partial charge in [0.1, 0.15) is 0 Å². The number of nitrogens with one attached hydrogen (secondary N) is 2. The van der Waals surface area contributed by atoms with E-state index in [9.17, 15) is 9.59 Å². The number of ether oxygens (including phenoxy) is 3. The van der Waals surface area contributed by atoms with E-state index in [-0.39, 0.29) is 23.7 Å². The van der Waals surface area contributed by atoms with E-state index in [1.165, 1.54) is 52.7 Å². The van der Waals surface area contributed by atoms with Crippen molar-refractivity contribution in [1.29, 1.82) is 0 Å². The molecule has 0 saturated heterocycles. The van der Waals surface area contributed by atoms with Gasteiger partial charge in [-0.2, -0.15) is 0 Å². The third-order valence-electron chi connectivity index (χ3n) is 7.18. The van der Waals surface area contributed by atoms with Gasteiger partial charge >= 0.3 is 0 Å². The number of amides is 2. The Morgan fingerprint density at radius 3 is 1.97 bits per heavy atom. The third-order valence-corrected chi connectivity index (χ3v) is 7.18. The van der Waals surface area contributed by atoms with Crippen molar-refractivity contribution in [2.75, 3.05) is 21.3 Å². The Balaban J connectivity index is 1.33. The fraction of sp³-hybridized carbons (Fsp3) is 0.652. The molecule has 1 aromatic rings. The van der Waals surface area contributed by atoms with Gasteiger partial charge in [0.2, 0.25) is 17.6 Å². The van der Waals surface area contributed by atoms with E-state index in [1.807, 2.05) is 0 Å². The Bertz CT molecular complexity index is 787. The van der Waals surface area contributed by atoms with E-state index in [0.717, 1.165) is 17.8 Å². The van der Waals surface area contributed by atoms with Gasteiger partial charge in [-0.05, 0) is 67.8 Å². The highest BCUT2D eigenvalue weighted by Crippen LogP contribution is 2.61. The number of hydrogen-bond donors (Lipinski definition) is 2. The first-order chi connectivity index (χ1) is 14.4. The lowest BCUT2D eigenvalue weighted by Gasteiger charge is -2.56. The van der Waals surface area contributed by atoms with Crippen molar-refractivity contribution in [2.45, 2.75) is 51.4 Å². The molecule has 4 fully saturated rings. The van der Waals surface area contributed by atoms with Crippen molar-refractivity contribution in [2.24, 2.45) is 23.2 Å². The highest BCUT2D eigenvalue weighted by molar-refractivity contribution is 5.84. The Hall–Kier alpha value is -2.44. The molecule has 4 aliphatic carbocycles. The van der Waals surface area contributed by atoms with Crippen molar-refractivity contribution >= 4 is 11.8 Å². The van der Waals surface area contributed by atoms with Crippen LogP contribution in [0.4, 0.5) is 0 Å². The number of hydrogen-bond acceptors (Lipinski definition) is 5. The number of benzene rings is 1. The van der Waals surface area contributed by atoms with Crippen LogP contribution in [0.5, 0.6) is 17.2 Å². The summed E-state index contributed by atoms with van der Waals surface area (Å²) in [5.41, 5.74) is 6.00. The molecule has 5 rings (SSSR count). The van der Waals surface area contributed by atoms with E-state index in [4.69, 9.17) is 14.2 Å². The summed E-state index contributed by atoms with van der Waals surface area (Å²) in [6.07, 6.45) is 8.13. The van der Waals surface area contributed by atoms with Crippen LogP contribution in [-0.2, 0) is 16.0 Å². The van der Waals surface area contributed by atoms with Gasteiger partial charge in [-0.3, -0.25) is 20.4 Å². The fourth-order valence-electron chi connectivity index (χ4n) is 6.55. The molecule has 30 heavy (non-hydrogen) atoms.